The van der Waals surface area contributed by atoms with Gasteiger partial charge in [-0.25, -0.2) is 0 Å². The fraction of sp³-hybridized carbons (Fsp3) is 0.0833. The van der Waals surface area contributed by atoms with E-state index in [2.05, 4.69) is 20.9 Å². The summed E-state index contributed by atoms with van der Waals surface area (Å²) < 4.78 is 6.53. The van der Waals surface area contributed by atoms with Crippen molar-refractivity contribution in [1.82, 2.24) is 4.98 Å². The van der Waals surface area contributed by atoms with Crippen LogP contribution in [0.15, 0.2) is 41.0 Å². The molecular weight excluding hydrogens is 304 g/mol. The van der Waals surface area contributed by atoms with Crippen LogP contribution in [0, 0.1) is 0 Å². The number of hydrogen-bond acceptors (Lipinski definition) is 3. The highest BCUT2D eigenvalue weighted by Crippen LogP contribution is 2.32. The molecule has 1 aromatic carbocycles. The SMILES string of the molecule is NCc1ncccc1Oc1ccc(Cl)cc1Br. The van der Waals surface area contributed by atoms with Crippen molar-refractivity contribution in [1.29, 1.82) is 0 Å². The van der Waals surface area contributed by atoms with Crippen LogP contribution in [0.4, 0.5) is 0 Å². The van der Waals surface area contributed by atoms with Gasteiger partial charge in [0.2, 0.25) is 0 Å². The zero-order valence-electron chi connectivity index (χ0n) is 8.86. The van der Waals surface area contributed by atoms with Crippen molar-refractivity contribution < 1.29 is 4.74 Å². The third-order valence-electron chi connectivity index (χ3n) is 2.16. The van der Waals surface area contributed by atoms with E-state index in [4.69, 9.17) is 22.1 Å². The molecule has 88 valence electrons. The summed E-state index contributed by atoms with van der Waals surface area (Å²) in [5.74, 6) is 1.33. The van der Waals surface area contributed by atoms with Gasteiger partial charge >= 0.3 is 0 Å². The molecule has 0 atom stereocenters. The molecule has 2 aromatic rings. The summed E-state index contributed by atoms with van der Waals surface area (Å²) in [6.07, 6.45) is 1.69. The number of hydrogen-bond donors (Lipinski definition) is 1. The van der Waals surface area contributed by atoms with Crippen LogP contribution in [-0.4, -0.2) is 4.98 Å². The van der Waals surface area contributed by atoms with Gasteiger partial charge in [-0.15, -0.1) is 0 Å². The number of nitrogens with two attached hydrogens (primary N) is 1. The Morgan fingerprint density at radius 1 is 1.29 bits per heavy atom. The molecule has 1 heterocycles. The first-order valence-electron chi connectivity index (χ1n) is 4.97. The Morgan fingerprint density at radius 3 is 2.82 bits per heavy atom. The molecule has 1 aromatic heterocycles. The molecule has 2 N–H and O–H groups in total. The molecule has 3 nitrogen and oxygen atoms in total. The Labute approximate surface area is 113 Å². The Bertz CT molecular complexity index is 534. The molecule has 0 aliphatic heterocycles. The molecule has 5 heteroatoms. The Kier molecular flexibility index (Phi) is 3.99. The normalized spacial score (nSPS) is 10.3. The van der Waals surface area contributed by atoms with E-state index in [1.165, 1.54) is 0 Å². The summed E-state index contributed by atoms with van der Waals surface area (Å²) in [6, 6.07) is 8.96. The second kappa shape index (κ2) is 5.49. The smallest absolute Gasteiger partial charge is 0.150 e. The Balaban J connectivity index is 2.31. The van der Waals surface area contributed by atoms with Crippen LogP contribution >= 0.6 is 27.5 Å². The van der Waals surface area contributed by atoms with Crippen LogP contribution < -0.4 is 10.5 Å². The molecule has 0 aliphatic rings. The zero-order valence-corrected chi connectivity index (χ0v) is 11.2. The summed E-state index contributed by atoms with van der Waals surface area (Å²) >= 11 is 9.25. The first-order valence-corrected chi connectivity index (χ1v) is 6.14. The molecule has 0 spiro atoms. The fourth-order valence-corrected chi connectivity index (χ4v) is 2.11. The van der Waals surface area contributed by atoms with Gasteiger partial charge in [0.25, 0.3) is 0 Å². The number of halogens is 2. The maximum absolute atomic E-state index is 5.86. The van der Waals surface area contributed by atoms with Crippen LogP contribution in [0.25, 0.3) is 0 Å². The van der Waals surface area contributed by atoms with Crippen molar-refractivity contribution >= 4 is 27.5 Å². The van der Waals surface area contributed by atoms with Crippen LogP contribution in [-0.2, 0) is 6.54 Å². The van der Waals surface area contributed by atoms with E-state index in [1.807, 2.05) is 6.07 Å². The second-order valence-electron chi connectivity index (χ2n) is 3.33. The van der Waals surface area contributed by atoms with Crippen molar-refractivity contribution in [2.75, 3.05) is 0 Å². The molecule has 0 saturated carbocycles. The van der Waals surface area contributed by atoms with Gasteiger partial charge in [-0.1, -0.05) is 11.6 Å². The minimum absolute atomic E-state index is 0.335. The first-order chi connectivity index (χ1) is 8.20. The van der Waals surface area contributed by atoms with Gasteiger partial charge in [0.05, 0.1) is 10.2 Å². The average Bonchev–Trinajstić information content (AvgIpc) is 2.33. The molecular formula is C12H10BrClN2O. The number of benzene rings is 1. The molecule has 0 fully saturated rings. The van der Waals surface area contributed by atoms with E-state index in [9.17, 15) is 0 Å². The Morgan fingerprint density at radius 2 is 2.12 bits per heavy atom. The van der Waals surface area contributed by atoms with Crippen LogP contribution in [0.5, 0.6) is 11.5 Å². The Hall–Kier alpha value is -1.10. The van der Waals surface area contributed by atoms with Crippen LogP contribution in [0.2, 0.25) is 5.02 Å². The number of ether oxygens (including phenoxy) is 1. The summed E-state index contributed by atoms with van der Waals surface area (Å²) in [4.78, 5) is 4.15. The van der Waals surface area contributed by atoms with Crippen molar-refractivity contribution in [3.8, 4) is 11.5 Å². The number of pyridine rings is 1. The van der Waals surface area contributed by atoms with Gasteiger partial charge in [0.1, 0.15) is 11.5 Å². The average molecular weight is 314 g/mol. The van der Waals surface area contributed by atoms with Crippen LogP contribution in [0.1, 0.15) is 5.69 Å². The third kappa shape index (κ3) is 2.97. The third-order valence-corrected chi connectivity index (χ3v) is 3.01. The predicted molar refractivity (Wildman–Crippen MR) is 71.4 cm³/mol. The first kappa shape index (κ1) is 12.4. The van der Waals surface area contributed by atoms with E-state index >= 15 is 0 Å². The summed E-state index contributed by atoms with van der Waals surface area (Å²) in [7, 11) is 0. The van der Waals surface area contributed by atoms with Crippen molar-refractivity contribution in [2.45, 2.75) is 6.54 Å². The lowest BCUT2D eigenvalue weighted by molar-refractivity contribution is 0.470. The highest BCUT2D eigenvalue weighted by Gasteiger charge is 2.07. The second-order valence-corrected chi connectivity index (χ2v) is 4.62. The molecule has 0 aliphatic carbocycles. The number of aromatic nitrogens is 1. The van der Waals surface area contributed by atoms with Gasteiger partial charge < -0.3 is 10.5 Å². The van der Waals surface area contributed by atoms with E-state index in [0.29, 0.717) is 28.8 Å². The predicted octanol–water partition coefficient (Wildman–Crippen LogP) is 3.75. The van der Waals surface area contributed by atoms with Crippen molar-refractivity contribution in [3.05, 3.63) is 51.7 Å². The summed E-state index contributed by atoms with van der Waals surface area (Å²) in [5, 5.41) is 0.648. The van der Waals surface area contributed by atoms with E-state index in [-0.39, 0.29) is 0 Å². The number of rotatable bonds is 3. The standard InChI is InChI=1S/C12H10BrClN2O/c13-9-6-8(14)3-4-11(9)17-12-2-1-5-16-10(12)7-15/h1-6H,7,15H2. The van der Waals surface area contributed by atoms with Gasteiger partial charge in [-0.3, -0.25) is 4.98 Å². The molecule has 0 unspecified atom stereocenters. The summed E-state index contributed by atoms with van der Waals surface area (Å²) in [5.41, 5.74) is 6.31. The quantitative estimate of drug-likeness (QED) is 0.939. The van der Waals surface area contributed by atoms with Gasteiger partial charge in [0.15, 0.2) is 0 Å². The topological polar surface area (TPSA) is 48.1 Å². The van der Waals surface area contributed by atoms with E-state index in [0.717, 1.165) is 4.47 Å². The van der Waals surface area contributed by atoms with Gasteiger partial charge in [-0.2, -0.15) is 0 Å². The lowest BCUT2D eigenvalue weighted by Gasteiger charge is -2.10. The van der Waals surface area contributed by atoms with Crippen molar-refractivity contribution in [3.63, 3.8) is 0 Å². The number of nitrogens with zero attached hydrogens (tertiary/aromatic N) is 1. The largest absolute Gasteiger partial charge is 0.454 e. The van der Waals surface area contributed by atoms with Crippen LogP contribution in [0.3, 0.4) is 0 Å². The van der Waals surface area contributed by atoms with E-state index < -0.39 is 0 Å². The fourth-order valence-electron chi connectivity index (χ4n) is 1.35. The van der Waals surface area contributed by atoms with E-state index in [1.54, 1.807) is 30.5 Å². The highest BCUT2D eigenvalue weighted by atomic mass is 79.9. The molecule has 0 bridgehead atoms. The van der Waals surface area contributed by atoms with Gasteiger partial charge in [-0.05, 0) is 46.3 Å². The maximum Gasteiger partial charge on any atom is 0.150 e. The molecule has 2 rings (SSSR count). The zero-order chi connectivity index (χ0) is 12.3. The molecule has 17 heavy (non-hydrogen) atoms. The summed E-state index contributed by atoms with van der Waals surface area (Å²) in [6.45, 7) is 0.335. The minimum Gasteiger partial charge on any atom is -0.454 e. The minimum atomic E-state index is 0.335. The van der Waals surface area contributed by atoms with Crippen molar-refractivity contribution in [2.24, 2.45) is 5.73 Å². The monoisotopic (exact) mass is 312 g/mol. The molecule has 0 amide bonds. The highest BCUT2D eigenvalue weighted by molar-refractivity contribution is 9.10. The van der Waals surface area contributed by atoms with Gasteiger partial charge in [0, 0.05) is 17.8 Å². The maximum atomic E-state index is 5.86. The molecule has 0 radical (unpaired) electrons. The lowest BCUT2D eigenvalue weighted by Crippen LogP contribution is -2.01. The lowest BCUT2D eigenvalue weighted by atomic mass is 10.3. The molecule has 0 saturated heterocycles.